The first-order chi connectivity index (χ1) is 12.1. The van der Waals surface area contributed by atoms with Crippen LogP contribution in [0, 0.1) is 5.92 Å². The zero-order valence-corrected chi connectivity index (χ0v) is 14.9. The molecular weight excluding hydrogens is 314 g/mol. The van der Waals surface area contributed by atoms with Crippen molar-refractivity contribution in [2.75, 3.05) is 11.9 Å². The Kier molecular flexibility index (Phi) is 4.50. The van der Waals surface area contributed by atoms with Crippen molar-refractivity contribution in [3.05, 3.63) is 29.3 Å². The lowest BCUT2D eigenvalue weighted by molar-refractivity contribution is -0.134. The van der Waals surface area contributed by atoms with E-state index in [2.05, 4.69) is 16.7 Å². The predicted octanol–water partition coefficient (Wildman–Crippen LogP) is 2.45. The maximum absolute atomic E-state index is 13.0. The molecule has 2 aliphatic heterocycles. The van der Waals surface area contributed by atoms with E-state index in [0.717, 1.165) is 30.6 Å². The second kappa shape index (κ2) is 6.79. The fraction of sp³-hybridized carbons (Fsp3) is 0.600. The zero-order chi connectivity index (χ0) is 17.4. The quantitative estimate of drug-likeness (QED) is 0.869. The van der Waals surface area contributed by atoms with Gasteiger partial charge in [0.2, 0.25) is 11.8 Å². The average molecular weight is 341 g/mol. The minimum Gasteiger partial charge on any atom is -0.337 e. The summed E-state index contributed by atoms with van der Waals surface area (Å²) in [7, 11) is 0. The molecule has 2 amide bonds. The van der Waals surface area contributed by atoms with Gasteiger partial charge in [-0.25, -0.2) is 0 Å². The molecule has 1 aliphatic carbocycles. The summed E-state index contributed by atoms with van der Waals surface area (Å²) in [4.78, 5) is 26.4. The van der Waals surface area contributed by atoms with Crippen LogP contribution in [-0.2, 0) is 22.6 Å². The lowest BCUT2D eigenvalue weighted by Crippen LogP contribution is -2.47. The van der Waals surface area contributed by atoms with Gasteiger partial charge in [-0.3, -0.25) is 9.59 Å². The summed E-state index contributed by atoms with van der Waals surface area (Å²) < 4.78 is 0. The van der Waals surface area contributed by atoms with E-state index in [1.54, 1.807) is 0 Å². The van der Waals surface area contributed by atoms with Crippen LogP contribution in [0.3, 0.4) is 0 Å². The molecule has 2 fully saturated rings. The summed E-state index contributed by atoms with van der Waals surface area (Å²) in [6.07, 6.45) is 6.89. The van der Waals surface area contributed by atoms with Crippen LogP contribution in [0.15, 0.2) is 18.2 Å². The number of rotatable bonds is 2. The van der Waals surface area contributed by atoms with Gasteiger partial charge in [-0.2, -0.15) is 0 Å². The van der Waals surface area contributed by atoms with Gasteiger partial charge in [0.15, 0.2) is 0 Å². The van der Waals surface area contributed by atoms with Crippen molar-refractivity contribution in [2.24, 2.45) is 5.92 Å². The fourth-order valence-electron chi connectivity index (χ4n) is 4.84. The summed E-state index contributed by atoms with van der Waals surface area (Å²) in [6, 6.07) is 6.52. The molecule has 0 aromatic heterocycles. The van der Waals surface area contributed by atoms with Gasteiger partial charge in [-0.15, -0.1) is 0 Å². The smallest absolute Gasteiger partial charge is 0.240 e. The topological polar surface area (TPSA) is 61.4 Å². The van der Waals surface area contributed by atoms with E-state index in [1.165, 1.54) is 38.2 Å². The molecule has 25 heavy (non-hydrogen) atoms. The van der Waals surface area contributed by atoms with Crippen LogP contribution < -0.4 is 10.6 Å². The zero-order valence-electron chi connectivity index (χ0n) is 14.9. The fourth-order valence-corrected chi connectivity index (χ4v) is 4.84. The van der Waals surface area contributed by atoms with Crippen molar-refractivity contribution in [3.63, 3.8) is 0 Å². The number of anilines is 1. The molecule has 3 aliphatic rings. The van der Waals surface area contributed by atoms with Gasteiger partial charge in [0.25, 0.3) is 0 Å². The minimum atomic E-state index is -0.0512. The highest BCUT2D eigenvalue weighted by Gasteiger charge is 2.40. The monoisotopic (exact) mass is 341 g/mol. The molecule has 1 aromatic carbocycles. The number of benzene rings is 1. The van der Waals surface area contributed by atoms with Crippen molar-refractivity contribution in [2.45, 2.75) is 64.1 Å². The lowest BCUT2D eigenvalue weighted by atomic mass is 9.85. The summed E-state index contributed by atoms with van der Waals surface area (Å²) in [5, 5.41) is 6.51. The number of carbonyl (C=O) groups excluding carboxylic acids is 2. The van der Waals surface area contributed by atoms with Crippen LogP contribution in [0.2, 0.25) is 0 Å². The van der Waals surface area contributed by atoms with E-state index >= 15 is 0 Å². The van der Waals surface area contributed by atoms with Crippen molar-refractivity contribution in [1.82, 2.24) is 10.2 Å². The second-order valence-electron chi connectivity index (χ2n) is 7.74. The van der Waals surface area contributed by atoms with Crippen LogP contribution in [0.25, 0.3) is 0 Å². The molecule has 134 valence electrons. The molecule has 3 atom stereocenters. The van der Waals surface area contributed by atoms with Gasteiger partial charge in [0.05, 0.1) is 6.04 Å². The van der Waals surface area contributed by atoms with E-state index in [4.69, 9.17) is 0 Å². The number of nitrogens with one attached hydrogen (secondary N) is 2. The van der Waals surface area contributed by atoms with E-state index in [9.17, 15) is 9.59 Å². The molecule has 1 saturated heterocycles. The van der Waals surface area contributed by atoms with E-state index in [-0.39, 0.29) is 17.9 Å². The lowest BCUT2D eigenvalue weighted by Gasteiger charge is -2.32. The second-order valence-corrected chi connectivity index (χ2v) is 7.74. The molecule has 1 saturated carbocycles. The highest BCUT2D eigenvalue weighted by molar-refractivity contribution is 5.90. The first kappa shape index (κ1) is 16.6. The molecule has 2 N–H and O–H groups in total. The largest absolute Gasteiger partial charge is 0.337 e. The van der Waals surface area contributed by atoms with Crippen molar-refractivity contribution < 1.29 is 9.59 Å². The summed E-state index contributed by atoms with van der Waals surface area (Å²) in [5.41, 5.74) is 3.22. The Morgan fingerprint density at radius 1 is 1.24 bits per heavy atom. The Morgan fingerprint density at radius 3 is 2.88 bits per heavy atom. The van der Waals surface area contributed by atoms with Crippen LogP contribution in [0.1, 0.15) is 50.2 Å². The number of amides is 2. The molecule has 4 rings (SSSR count). The molecule has 0 unspecified atom stereocenters. The van der Waals surface area contributed by atoms with Crippen LogP contribution in [0.4, 0.5) is 5.69 Å². The first-order valence-electron chi connectivity index (χ1n) is 9.55. The van der Waals surface area contributed by atoms with Gasteiger partial charge in [0.1, 0.15) is 0 Å². The first-order valence-corrected chi connectivity index (χ1v) is 9.55. The molecular formula is C20H27N3O2. The summed E-state index contributed by atoms with van der Waals surface area (Å²) >= 11 is 0. The third-order valence-electron chi connectivity index (χ3n) is 6.05. The normalized spacial score (nSPS) is 28.2. The van der Waals surface area contributed by atoms with Crippen molar-refractivity contribution in [1.29, 1.82) is 0 Å². The average Bonchev–Trinajstić information content (AvgIpc) is 3.04. The van der Waals surface area contributed by atoms with Gasteiger partial charge < -0.3 is 15.5 Å². The van der Waals surface area contributed by atoms with Crippen molar-refractivity contribution in [3.8, 4) is 0 Å². The van der Waals surface area contributed by atoms with Crippen LogP contribution in [0.5, 0.6) is 0 Å². The third kappa shape index (κ3) is 3.30. The molecule has 5 nitrogen and oxygen atoms in total. The Balaban J connectivity index is 1.45. The SMILES string of the molecule is CC(=O)Nc1cccc2c1CCN(C(=O)[C@@H]1C[C@@H]3CCCC[C@@H]3N1)C2. The number of fused-ring (bicyclic) bond motifs is 2. The maximum Gasteiger partial charge on any atom is 0.240 e. The predicted molar refractivity (Wildman–Crippen MR) is 97.2 cm³/mol. The Bertz CT molecular complexity index is 674. The molecule has 0 radical (unpaired) electrons. The third-order valence-corrected chi connectivity index (χ3v) is 6.05. The van der Waals surface area contributed by atoms with Gasteiger partial charge in [0, 0.05) is 31.7 Å². The Labute approximate surface area is 149 Å². The van der Waals surface area contributed by atoms with Crippen molar-refractivity contribution >= 4 is 17.5 Å². The van der Waals surface area contributed by atoms with Crippen LogP contribution in [-0.4, -0.2) is 35.3 Å². The van der Waals surface area contributed by atoms with E-state index in [1.807, 2.05) is 17.0 Å². The van der Waals surface area contributed by atoms with Crippen LogP contribution >= 0.6 is 0 Å². The van der Waals surface area contributed by atoms with E-state index < -0.39 is 0 Å². The number of nitrogens with zero attached hydrogens (tertiary/aromatic N) is 1. The standard InChI is InChI=1S/C20H27N3O2/c1-13(24)21-18-8-4-6-15-12-23(10-9-16(15)18)20(25)19-11-14-5-2-3-7-17(14)22-19/h4,6,8,14,17,19,22H,2-3,5,7,9-12H2,1H3,(H,21,24)/t14-,17-,19-/m0/s1. The highest BCUT2D eigenvalue weighted by Crippen LogP contribution is 2.34. The molecule has 5 heteroatoms. The highest BCUT2D eigenvalue weighted by atomic mass is 16.2. The van der Waals surface area contributed by atoms with E-state index in [0.29, 0.717) is 18.5 Å². The summed E-state index contributed by atoms with van der Waals surface area (Å²) in [5.74, 6) is 0.890. The van der Waals surface area contributed by atoms with Gasteiger partial charge >= 0.3 is 0 Å². The Morgan fingerprint density at radius 2 is 2.08 bits per heavy atom. The molecule has 1 aromatic rings. The molecule has 2 heterocycles. The number of hydrogen-bond donors (Lipinski definition) is 2. The minimum absolute atomic E-state index is 0.00632. The molecule has 0 spiro atoms. The number of hydrogen-bond acceptors (Lipinski definition) is 3. The molecule has 0 bridgehead atoms. The maximum atomic E-state index is 13.0. The summed E-state index contributed by atoms with van der Waals surface area (Å²) in [6.45, 7) is 2.91. The van der Waals surface area contributed by atoms with Gasteiger partial charge in [-0.05, 0) is 48.8 Å². The number of carbonyl (C=O) groups is 2. The van der Waals surface area contributed by atoms with Gasteiger partial charge in [-0.1, -0.05) is 25.0 Å². The Hall–Kier alpha value is -1.88.